The lowest BCUT2D eigenvalue weighted by molar-refractivity contribution is -0.270. The van der Waals surface area contributed by atoms with Crippen LogP contribution in [-0.4, -0.2) is 129 Å². The lowest BCUT2D eigenvalue weighted by Crippen LogP contribution is -2.66. The van der Waals surface area contributed by atoms with Gasteiger partial charge in [0.1, 0.15) is 42.3 Å². The van der Waals surface area contributed by atoms with Gasteiger partial charge >= 0.3 is 39.5 Å². The average Bonchev–Trinajstić information content (AvgIpc) is 0.779. The van der Waals surface area contributed by atoms with Crippen LogP contribution in [0.2, 0.25) is 0 Å². The van der Waals surface area contributed by atoms with Crippen LogP contribution in [0.5, 0.6) is 5.75 Å². The van der Waals surface area contributed by atoms with E-state index in [0.717, 1.165) is 193 Å². The van der Waals surface area contributed by atoms with Crippen molar-refractivity contribution >= 4 is 57.0 Å². The van der Waals surface area contributed by atoms with Crippen LogP contribution in [0.3, 0.4) is 0 Å². The van der Waals surface area contributed by atoms with Gasteiger partial charge in [0, 0.05) is 37.6 Å². The van der Waals surface area contributed by atoms with E-state index < -0.39 is 126 Å². The molecule has 2 amide bonds. The predicted octanol–water partition coefficient (Wildman–Crippen LogP) is 25.9. The molecule has 1 fully saturated rings. The van der Waals surface area contributed by atoms with Crippen LogP contribution in [0.15, 0.2) is 24.3 Å². The third-order valence-electron chi connectivity index (χ3n) is 23.9. The molecule has 0 aliphatic carbocycles. The summed E-state index contributed by atoms with van der Waals surface area (Å²) in [5.74, 6) is -3.98. The Balaban J connectivity index is 2.80. The van der Waals surface area contributed by atoms with Crippen molar-refractivity contribution in [2.75, 3.05) is 24.7 Å². The summed E-state index contributed by atoms with van der Waals surface area (Å²) in [6.07, 6.45) is 53.6. The first kappa shape index (κ1) is 115. The fourth-order valence-electron chi connectivity index (χ4n) is 16.6. The van der Waals surface area contributed by atoms with E-state index >= 15 is 14.4 Å². The monoisotopic (exact) mass is 1780 g/mol. The zero-order valence-electron chi connectivity index (χ0n) is 78.4. The highest BCUT2D eigenvalue weighted by Crippen LogP contribution is 2.43. The highest BCUT2D eigenvalue weighted by atomic mass is 31.2. The summed E-state index contributed by atoms with van der Waals surface area (Å²) in [4.78, 5) is 130. The summed E-state index contributed by atoms with van der Waals surface area (Å²) in [5, 5.41) is 14.1. The summed E-state index contributed by atoms with van der Waals surface area (Å²) >= 11 is 0. The number of benzene rings is 1. The molecule has 2 unspecified atom stereocenters. The number of phosphoric ester groups is 2. The second kappa shape index (κ2) is 77.9. The van der Waals surface area contributed by atoms with E-state index in [-0.39, 0.29) is 43.7 Å². The first-order chi connectivity index (χ1) is 59.6. The number of unbranched alkanes of at least 4 members (excludes halogenated alkanes) is 54. The Labute approximate surface area is 746 Å². The number of nitrogens with zero attached hydrogens (tertiary/aromatic N) is 1. The number of aliphatic hydroxyl groups excluding tert-OH is 1. The Morgan fingerprint density at radius 1 is 0.398 bits per heavy atom. The lowest BCUT2D eigenvalue weighted by atomic mass is 9.96. The van der Waals surface area contributed by atoms with Crippen molar-refractivity contribution in [3.63, 3.8) is 0 Å². The molecule has 718 valence electrons. The number of phosphoric acid groups is 2. The summed E-state index contributed by atoms with van der Waals surface area (Å²) < 4.78 is 74.0. The molecule has 1 aliphatic heterocycles. The van der Waals surface area contributed by atoms with Crippen molar-refractivity contribution in [3.8, 4) is 5.75 Å². The molecule has 123 heavy (non-hydrogen) atoms. The summed E-state index contributed by atoms with van der Waals surface area (Å²) in [6, 6.07) is 3.81. The number of ether oxygens (including phenoxy) is 6. The number of anilines is 1. The third-order valence-corrected chi connectivity index (χ3v) is 24.8. The van der Waals surface area contributed by atoms with Crippen molar-refractivity contribution in [2.45, 2.75) is 534 Å². The van der Waals surface area contributed by atoms with Crippen LogP contribution in [0, 0.1) is 0 Å². The number of esters is 4. The van der Waals surface area contributed by atoms with Gasteiger partial charge in [0.05, 0.1) is 32.5 Å². The van der Waals surface area contributed by atoms with Crippen molar-refractivity contribution in [1.82, 2.24) is 5.32 Å². The largest absolute Gasteiger partial charge is 0.524 e. The van der Waals surface area contributed by atoms with Gasteiger partial charge in [-0.05, 0) is 69.9 Å². The van der Waals surface area contributed by atoms with E-state index in [4.69, 9.17) is 37.5 Å². The van der Waals surface area contributed by atoms with Gasteiger partial charge in [-0.2, -0.15) is 0 Å². The molecule has 23 nitrogen and oxygen atoms in total. The summed E-state index contributed by atoms with van der Waals surface area (Å²) in [5.41, 5.74) is 0.0979. The van der Waals surface area contributed by atoms with E-state index in [1.54, 1.807) is 0 Å². The van der Waals surface area contributed by atoms with Gasteiger partial charge in [-0.1, -0.05) is 394 Å². The predicted molar refractivity (Wildman–Crippen MR) is 494 cm³/mol. The second-order valence-electron chi connectivity index (χ2n) is 35.5. The van der Waals surface area contributed by atoms with E-state index in [9.17, 15) is 48.2 Å². The fourth-order valence-corrected chi connectivity index (χ4v) is 17.6. The molecule has 1 aromatic rings. The standard InChI is InChI=1S/C98H180N2O21P2/c1-7-13-19-25-31-37-40-46-52-58-64-73-91(104)115-84(69-61-55-49-43-34-28-22-16-10-4)79-89(102)99-95-97(119-94(107)81-86(71-63-57-51-45-36-30-24-18-12-6)117-93(106)75-66-60-54-48-42-39-33-27-21-15-9-3)96(121-123(111,112)113)88(82-101)118-98(95)114-77-76-100(83-68-67-72-87(78-83)120-122(108,109)110)90(103)80-85(70-62-56-50-44-35-29-23-17-11-5)116-92(105)74-65-59-53-47-41-38-32-26-20-14-8-2/h67-68,72,78,84-86,88,95-98,101H,7-66,69-71,73-77,79-82H2,1-6H3,(H,99,102)(H2,108,109,110)(H2,111,112,113)/t84-,85-,86-,88?,95?,96-,97-,98-/m1/s1. The lowest BCUT2D eigenvalue weighted by Gasteiger charge is -2.45. The Morgan fingerprint density at radius 3 is 1.04 bits per heavy atom. The maximum absolute atomic E-state index is 15.3. The quantitative estimate of drug-likeness (QED) is 0.0153. The minimum absolute atomic E-state index is 0.0979. The first-order valence-corrected chi connectivity index (χ1v) is 53.5. The van der Waals surface area contributed by atoms with Crippen molar-refractivity contribution in [1.29, 1.82) is 0 Å². The maximum atomic E-state index is 15.3. The number of amides is 2. The molecule has 6 N–H and O–H groups in total. The minimum atomic E-state index is -5.59. The topological polar surface area (TPSA) is 327 Å². The second-order valence-corrected chi connectivity index (χ2v) is 37.8. The molecule has 1 aromatic carbocycles. The number of hydrogen-bond donors (Lipinski definition) is 6. The number of aliphatic hydroxyl groups is 1. The number of hydrogen-bond acceptors (Lipinski definition) is 17. The van der Waals surface area contributed by atoms with E-state index in [1.165, 1.54) is 183 Å². The number of rotatable bonds is 87. The van der Waals surface area contributed by atoms with E-state index in [1.807, 2.05) is 0 Å². The Bertz CT molecular complexity index is 2850. The smallest absolute Gasteiger partial charge is 0.462 e. The molecule has 25 heteroatoms. The van der Waals surface area contributed by atoms with Gasteiger partial charge in [-0.3, -0.25) is 43.1 Å². The molecule has 1 heterocycles. The molecule has 0 radical (unpaired) electrons. The molecule has 0 spiro atoms. The van der Waals surface area contributed by atoms with Gasteiger partial charge < -0.3 is 58.1 Å². The Hall–Kier alpha value is -4.02. The molecule has 0 aromatic heterocycles. The normalized spacial score (nSPS) is 16.3. The Morgan fingerprint density at radius 2 is 0.715 bits per heavy atom. The van der Waals surface area contributed by atoms with Gasteiger partial charge in [-0.15, -0.1) is 0 Å². The molecular formula is C98H180N2O21P2. The van der Waals surface area contributed by atoms with Crippen molar-refractivity contribution < 1.29 is 100 Å². The molecule has 0 saturated carbocycles. The van der Waals surface area contributed by atoms with Crippen LogP contribution in [0.25, 0.3) is 0 Å². The zero-order valence-corrected chi connectivity index (χ0v) is 80.2. The maximum Gasteiger partial charge on any atom is 0.524 e. The zero-order chi connectivity index (χ0) is 89.9. The van der Waals surface area contributed by atoms with Gasteiger partial charge in [-0.25, -0.2) is 9.13 Å². The van der Waals surface area contributed by atoms with E-state index in [0.29, 0.717) is 57.8 Å². The molecule has 2 rings (SSSR count). The van der Waals surface area contributed by atoms with Crippen LogP contribution in [0.4, 0.5) is 5.69 Å². The van der Waals surface area contributed by atoms with Crippen LogP contribution < -0.4 is 14.7 Å². The highest BCUT2D eigenvalue weighted by molar-refractivity contribution is 7.46. The third kappa shape index (κ3) is 65.2. The first-order valence-electron chi connectivity index (χ1n) is 50.4. The van der Waals surface area contributed by atoms with Gasteiger partial charge in [0.15, 0.2) is 12.4 Å². The molecule has 0 bridgehead atoms. The fraction of sp³-hybridized carbons (Fsp3) is 0.878. The average molecular weight is 1780 g/mol. The van der Waals surface area contributed by atoms with Gasteiger partial charge in [0.25, 0.3) is 0 Å². The van der Waals surface area contributed by atoms with Crippen LogP contribution >= 0.6 is 15.6 Å². The van der Waals surface area contributed by atoms with Crippen LogP contribution in [0.1, 0.15) is 485 Å². The molecule has 1 saturated heterocycles. The summed E-state index contributed by atoms with van der Waals surface area (Å²) in [7, 11) is -10.7. The highest BCUT2D eigenvalue weighted by Gasteiger charge is 2.52. The number of nitrogens with one attached hydrogen (secondary N) is 1. The van der Waals surface area contributed by atoms with Gasteiger partial charge in [0.2, 0.25) is 11.8 Å². The Kier molecular flexibility index (Phi) is 72.8. The molecule has 1 aliphatic rings. The number of carbonyl (C=O) groups excluding carboxylic acids is 6. The van der Waals surface area contributed by atoms with E-state index in [2.05, 4.69) is 46.9 Å². The van der Waals surface area contributed by atoms with Crippen molar-refractivity contribution in [2.24, 2.45) is 0 Å². The van der Waals surface area contributed by atoms with Crippen molar-refractivity contribution in [3.05, 3.63) is 24.3 Å². The summed E-state index contributed by atoms with van der Waals surface area (Å²) in [6.45, 7) is 11.3. The molecular weight excluding hydrogens is 1600 g/mol. The minimum Gasteiger partial charge on any atom is -0.462 e. The number of carbonyl (C=O) groups is 6. The molecule has 8 atom stereocenters. The SMILES string of the molecule is CCCCCCCCCCCCCC(=O)O[C@H](CCCCCCCCCCC)CC(=O)NC1[C@H](OCCN(C(=O)C[C@@H](CCCCCCCCCCC)OC(=O)CCCCCCCCCCCCC)c2cccc(OP(=O)(O)O)c2)OC(CO)[C@@H](OP(=O)(O)O)[C@@H]1OC(=O)C[C@@H](CCCCCCCCCCC)OC(=O)CCCCCCCCCCCCC. The van der Waals surface area contributed by atoms with Crippen LogP contribution in [-0.2, 0) is 70.8 Å².